The van der Waals surface area contributed by atoms with Crippen molar-refractivity contribution in [3.05, 3.63) is 0 Å². The number of amides is 1. The first-order valence-electron chi connectivity index (χ1n) is 7.35. The second kappa shape index (κ2) is 6.89. The van der Waals surface area contributed by atoms with Crippen LogP contribution in [0.5, 0.6) is 0 Å². The fraction of sp³-hybridized carbons (Fsp3) is 0.857. The summed E-state index contributed by atoms with van der Waals surface area (Å²) in [5, 5.41) is 3.22. The average molecular weight is 268 g/mol. The molecule has 2 rings (SSSR count). The number of carbonyl (C=O) groups is 2. The molecule has 1 N–H and O–H groups in total. The summed E-state index contributed by atoms with van der Waals surface area (Å²) in [7, 11) is 0. The van der Waals surface area contributed by atoms with E-state index in [0.29, 0.717) is 26.2 Å². The summed E-state index contributed by atoms with van der Waals surface area (Å²) < 4.78 is 5.02. The van der Waals surface area contributed by atoms with Crippen LogP contribution >= 0.6 is 0 Å². The Morgan fingerprint density at radius 1 is 1.21 bits per heavy atom. The Bertz CT molecular complexity index is 321. The number of hydrogen-bond donors (Lipinski definition) is 1. The first kappa shape index (κ1) is 14.3. The van der Waals surface area contributed by atoms with E-state index in [1.54, 1.807) is 0 Å². The minimum absolute atomic E-state index is 0.0246. The smallest absolute Gasteiger partial charge is 0.309 e. The summed E-state index contributed by atoms with van der Waals surface area (Å²) in [6.07, 6.45) is 4.05. The van der Waals surface area contributed by atoms with Crippen LogP contribution in [0.2, 0.25) is 0 Å². The molecule has 0 radical (unpaired) electrons. The zero-order chi connectivity index (χ0) is 13.7. The molecule has 0 aromatic heterocycles. The third kappa shape index (κ3) is 4.49. The molecule has 0 aromatic rings. The Labute approximate surface area is 114 Å². The van der Waals surface area contributed by atoms with E-state index < -0.39 is 0 Å². The number of nitrogens with one attached hydrogen (secondary N) is 1. The summed E-state index contributed by atoms with van der Waals surface area (Å²) >= 11 is 0. The minimum atomic E-state index is -0.110. The highest BCUT2D eigenvalue weighted by atomic mass is 16.5. The van der Waals surface area contributed by atoms with E-state index in [2.05, 4.69) is 5.32 Å². The first-order valence-corrected chi connectivity index (χ1v) is 7.35. The maximum Gasteiger partial charge on any atom is 0.309 e. The van der Waals surface area contributed by atoms with Gasteiger partial charge < -0.3 is 15.0 Å². The molecule has 0 spiro atoms. The number of ether oxygens (including phenoxy) is 1. The minimum Gasteiger partial charge on any atom is -0.466 e. The summed E-state index contributed by atoms with van der Waals surface area (Å²) in [6, 6.07) is 0. The van der Waals surface area contributed by atoms with Crippen molar-refractivity contribution in [1.29, 1.82) is 0 Å². The molecule has 1 aliphatic heterocycles. The molecule has 19 heavy (non-hydrogen) atoms. The highest BCUT2D eigenvalue weighted by Gasteiger charge is 2.28. The van der Waals surface area contributed by atoms with E-state index >= 15 is 0 Å². The van der Waals surface area contributed by atoms with Gasteiger partial charge in [0, 0.05) is 13.1 Å². The number of nitrogens with zero attached hydrogens (tertiary/aromatic N) is 1. The third-order valence-corrected chi connectivity index (χ3v) is 3.87. The molecule has 1 saturated heterocycles. The summed E-state index contributed by atoms with van der Waals surface area (Å²) in [5.74, 6) is 0.815. The lowest BCUT2D eigenvalue weighted by atomic mass is 9.97. The fourth-order valence-electron chi connectivity index (χ4n) is 2.44. The molecule has 108 valence electrons. The highest BCUT2D eigenvalue weighted by molar-refractivity contribution is 5.79. The number of rotatable bonds is 6. The second-order valence-electron chi connectivity index (χ2n) is 5.48. The van der Waals surface area contributed by atoms with Crippen LogP contribution in [0.25, 0.3) is 0 Å². The Balaban J connectivity index is 1.63. The van der Waals surface area contributed by atoms with Crippen molar-refractivity contribution in [3.63, 3.8) is 0 Å². The van der Waals surface area contributed by atoms with Crippen LogP contribution in [-0.2, 0) is 14.3 Å². The van der Waals surface area contributed by atoms with Crippen molar-refractivity contribution >= 4 is 11.9 Å². The van der Waals surface area contributed by atoms with Crippen LogP contribution in [0, 0.1) is 11.8 Å². The van der Waals surface area contributed by atoms with E-state index in [1.165, 1.54) is 12.8 Å². The molecule has 1 heterocycles. The maximum absolute atomic E-state index is 11.9. The van der Waals surface area contributed by atoms with Gasteiger partial charge in [-0.1, -0.05) is 0 Å². The van der Waals surface area contributed by atoms with Gasteiger partial charge >= 0.3 is 5.97 Å². The molecule has 2 fully saturated rings. The van der Waals surface area contributed by atoms with Gasteiger partial charge in [-0.2, -0.15) is 0 Å². The zero-order valence-corrected chi connectivity index (χ0v) is 11.7. The van der Waals surface area contributed by atoms with Crippen molar-refractivity contribution < 1.29 is 14.3 Å². The van der Waals surface area contributed by atoms with Gasteiger partial charge in [-0.15, -0.1) is 0 Å². The Morgan fingerprint density at radius 2 is 1.89 bits per heavy atom. The van der Waals surface area contributed by atoms with Crippen molar-refractivity contribution in [1.82, 2.24) is 10.2 Å². The van der Waals surface area contributed by atoms with Crippen molar-refractivity contribution in [3.8, 4) is 0 Å². The van der Waals surface area contributed by atoms with Crippen molar-refractivity contribution in [2.24, 2.45) is 11.8 Å². The molecule has 1 amide bonds. The monoisotopic (exact) mass is 268 g/mol. The third-order valence-electron chi connectivity index (χ3n) is 3.87. The molecule has 0 unspecified atom stereocenters. The first-order chi connectivity index (χ1) is 9.20. The summed E-state index contributed by atoms with van der Waals surface area (Å²) in [4.78, 5) is 25.4. The topological polar surface area (TPSA) is 58.6 Å². The lowest BCUT2D eigenvalue weighted by Gasteiger charge is -2.31. The fourth-order valence-corrected chi connectivity index (χ4v) is 2.44. The van der Waals surface area contributed by atoms with Crippen molar-refractivity contribution in [2.45, 2.75) is 32.6 Å². The predicted octanol–water partition coefficient (Wildman–Crippen LogP) is 0.788. The van der Waals surface area contributed by atoms with E-state index in [9.17, 15) is 9.59 Å². The van der Waals surface area contributed by atoms with Gasteiger partial charge in [0.2, 0.25) is 5.91 Å². The van der Waals surface area contributed by atoms with E-state index in [1.807, 2.05) is 11.8 Å². The highest BCUT2D eigenvalue weighted by Crippen LogP contribution is 2.27. The Morgan fingerprint density at radius 3 is 2.47 bits per heavy atom. The largest absolute Gasteiger partial charge is 0.466 e. The lowest BCUT2D eigenvalue weighted by molar-refractivity contribution is -0.151. The van der Waals surface area contributed by atoms with E-state index in [0.717, 1.165) is 25.3 Å². The van der Waals surface area contributed by atoms with Crippen molar-refractivity contribution in [2.75, 3.05) is 32.8 Å². The zero-order valence-electron chi connectivity index (χ0n) is 11.7. The SMILES string of the molecule is CCOC(=O)C1CCN(C(=O)CNCC2CC2)CC1. The second-order valence-corrected chi connectivity index (χ2v) is 5.48. The van der Waals surface area contributed by atoms with Gasteiger partial charge in [-0.05, 0) is 45.1 Å². The molecule has 1 saturated carbocycles. The van der Waals surface area contributed by atoms with Gasteiger partial charge in [-0.3, -0.25) is 9.59 Å². The lowest BCUT2D eigenvalue weighted by Crippen LogP contribution is -2.44. The Hall–Kier alpha value is -1.10. The predicted molar refractivity (Wildman–Crippen MR) is 71.5 cm³/mol. The number of carbonyl (C=O) groups excluding carboxylic acids is 2. The maximum atomic E-state index is 11.9. The molecule has 5 nitrogen and oxygen atoms in total. The van der Waals surface area contributed by atoms with Gasteiger partial charge in [-0.25, -0.2) is 0 Å². The number of hydrogen-bond acceptors (Lipinski definition) is 4. The average Bonchev–Trinajstić information content (AvgIpc) is 3.23. The molecule has 2 aliphatic rings. The van der Waals surface area contributed by atoms with Crippen LogP contribution in [-0.4, -0.2) is 49.6 Å². The number of likely N-dealkylation sites (tertiary alicyclic amines) is 1. The molecule has 0 atom stereocenters. The van der Waals surface area contributed by atoms with Crippen LogP contribution in [0.3, 0.4) is 0 Å². The summed E-state index contributed by atoms with van der Waals surface area (Å²) in [6.45, 7) is 5.00. The van der Waals surface area contributed by atoms with Crippen LogP contribution < -0.4 is 5.32 Å². The van der Waals surface area contributed by atoms with Crippen LogP contribution in [0.1, 0.15) is 32.6 Å². The quantitative estimate of drug-likeness (QED) is 0.724. The van der Waals surface area contributed by atoms with Crippen LogP contribution in [0.4, 0.5) is 0 Å². The van der Waals surface area contributed by atoms with Gasteiger partial charge in [0.05, 0.1) is 19.1 Å². The normalized spacial score (nSPS) is 20.4. The number of piperidine rings is 1. The Kier molecular flexibility index (Phi) is 5.19. The summed E-state index contributed by atoms with van der Waals surface area (Å²) in [5.41, 5.74) is 0. The molecular formula is C14H24N2O3. The molecule has 1 aliphatic carbocycles. The number of esters is 1. The molecule has 0 bridgehead atoms. The van der Waals surface area contributed by atoms with Gasteiger partial charge in [0.15, 0.2) is 0 Å². The van der Waals surface area contributed by atoms with E-state index in [-0.39, 0.29) is 17.8 Å². The molecule has 0 aromatic carbocycles. The standard InChI is InChI=1S/C14H24N2O3/c1-2-19-14(18)12-5-7-16(8-6-12)13(17)10-15-9-11-3-4-11/h11-12,15H,2-10H2,1H3. The van der Waals surface area contributed by atoms with E-state index in [4.69, 9.17) is 4.74 Å². The molecular weight excluding hydrogens is 244 g/mol. The van der Waals surface area contributed by atoms with Gasteiger partial charge in [0.1, 0.15) is 0 Å². The van der Waals surface area contributed by atoms with Gasteiger partial charge in [0.25, 0.3) is 0 Å². The molecule has 5 heteroatoms. The van der Waals surface area contributed by atoms with Crippen LogP contribution in [0.15, 0.2) is 0 Å².